The largest absolute Gasteiger partial charge is 0.477 e. The molecular weight excluding hydrogens is 259 g/mol. The van der Waals surface area contributed by atoms with Gasteiger partial charge in [0.15, 0.2) is 0 Å². The molecule has 19 heavy (non-hydrogen) atoms. The molecule has 0 saturated carbocycles. The predicted molar refractivity (Wildman–Crippen MR) is 70.0 cm³/mol. The van der Waals surface area contributed by atoms with Gasteiger partial charge in [0.2, 0.25) is 0 Å². The number of ether oxygens (including phenoxy) is 1. The number of hydrogen-bond donors (Lipinski definition) is 2. The van der Waals surface area contributed by atoms with E-state index in [1.165, 1.54) is 12.3 Å². The summed E-state index contributed by atoms with van der Waals surface area (Å²) >= 11 is 0. The summed E-state index contributed by atoms with van der Waals surface area (Å²) in [5.41, 5.74) is 0.0286. The molecule has 99 valence electrons. The van der Waals surface area contributed by atoms with Gasteiger partial charge in [-0.2, -0.15) is 0 Å². The molecule has 0 aliphatic carbocycles. The zero-order valence-electron chi connectivity index (χ0n) is 11.6. The maximum atomic E-state index is 11.4. The van der Waals surface area contributed by atoms with Crippen LogP contribution < -0.4 is 5.32 Å². The van der Waals surface area contributed by atoms with Crippen LogP contribution in [0, 0.1) is 0 Å². The Morgan fingerprint density at radius 3 is 2.58 bits per heavy atom. The van der Waals surface area contributed by atoms with E-state index in [9.17, 15) is 9.59 Å². The number of pyridine rings is 1. The molecule has 1 aromatic rings. The van der Waals surface area contributed by atoms with Crippen molar-refractivity contribution in [2.24, 2.45) is 0 Å². The second-order valence-electron chi connectivity index (χ2n) is 4.71. The third-order valence-electron chi connectivity index (χ3n) is 1.88. The summed E-state index contributed by atoms with van der Waals surface area (Å²) in [5, 5.41) is 11.3. The summed E-state index contributed by atoms with van der Waals surface area (Å²) in [6.45, 7) is 5.49. The van der Waals surface area contributed by atoms with Gasteiger partial charge in [0.25, 0.3) is 0 Å². The molecule has 1 aromatic heterocycles. The van der Waals surface area contributed by atoms with Crippen LogP contribution in [-0.4, -0.2) is 57.3 Å². The van der Waals surface area contributed by atoms with E-state index in [-0.39, 0.29) is 41.8 Å². The Labute approximate surface area is 133 Å². The van der Waals surface area contributed by atoms with E-state index >= 15 is 0 Å². The second kappa shape index (κ2) is 7.47. The third-order valence-corrected chi connectivity index (χ3v) is 1.88. The molecule has 0 fully saturated rings. The fourth-order valence-electron chi connectivity index (χ4n) is 1.19. The first kappa shape index (κ1) is 17.9. The number of aromatic carboxylic acids is 1. The summed E-state index contributed by atoms with van der Waals surface area (Å²) in [5.74, 6) is -1.10. The molecule has 0 spiro atoms. The van der Waals surface area contributed by atoms with Crippen molar-refractivity contribution in [3.63, 3.8) is 0 Å². The van der Waals surface area contributed by atoms with Crippen LogP contribution in [0.3, 0.4) is 0 Å². The van der Waals surface area contributed by atoms with Crippen molar-refractivity contribution >= 4 is 41.6 Å². The number of rotatable bonds is 3. The van der Waals surface area contributed by atoms with Crippen LogP contribution >= 0.6 is 0 Å². The number of aromatic nitrogens is 1. The summed E-state index contributed by atoms with van der Waals surface area (Å²) in [6, 6.07) is 3.03. The molecule has 0 saturated heterocycles. The average molecular weight is 275 g/mol. The van der Waals surface area contributed by atoms with Crippen LogP contribution in [0.15, 0.2) is 18.3 Å². The Hall–Kier alpha value is -1.11. The fourth-order valence-corrected chi connectivity index (χ4v) is 1.19. The number of nitrogens with zero attached hydrogens (tertiary/aromatic N) is 1. The van der Waals surface area contributed by atoms with Crippen molar-refractivity contribution in [3.8, 4) is 0 Å². The Morgan fingerprint density at radius 1 is 1.42 bits per heavy atom. The molecule has 0 bridgehead atoms. The van der Waals surface area contributed by atoms with E-state index in [4.69, 9.17) is 9.84 Å². The number of alkyl carbamates (subject to hydrolysis) is 1. The number of carbonyl (C=O) groups excluding carboxylic acids is 1. The number of carboxylic acid groups (broad SMARTS) is 1. The van der Waals surface area contributed by atoms with Gasteiger partial charge in [-0.15, -0.1) is 0 Å². The average Bonchev–Trinajstić information content (AvgIpc) is 2.24. The Bertz CT molecular complexity index is 457. The predicted octanol–water partition coefficient (Wildman–Crippen LogP) is 1.42. The minimum absolute atomic E-state index is 0. The first-order chi connectivity index (χ1) is 8.28. The standard InChI is InChI=1S/C12H16N2O4.Na/c1-12(2,3)18-11(17)14-7-8-4-5-13-9(6-8)10(15)16;/h4-6H,7H2,1-3H3,(H,14,17)(H,15,16);. The summed E-state index contributed by atoms with van der Waals surface area (Å²) in [6.07, 6.45) is 0.839. The quantitative estimate of drug-likeness (QED) is 0.814. The van der Waals surface area contributed by atoms with Gasteiger partial charge in [0.1, 0.15) is 11.3 Å². The van der Waals surface area contributed by atoms with Gasteiger partial charge in [0, 0.05) is 42.3 Å². The molecule has 7 heteroatoms. The van der Waals surface area contributed by atoms with Crippen molar-refractivity contribution in [2.75, 3.05) is 0 Å². The topological polar surface area (TPSA) is 88.5 Å². The first-order valence-corrected chi connectivity index (χ1v) is 5.43. The van der Waals surface area contributed by atoms with E-state index in [1.807, 2.05) is 0 Å². The Balaban J connectivity index is 0.00000324. The Kier molecular flexibility index (Phi) is 7.04. The van der Waals surface area contributed by atoms with Gasteiger partial charge in [-0.05, 0) is 38.5 Å². The molecule has 1 amide bonds. The number of amides is 1. The number of carbonyl (C=O) groups is 2. The van der Waals surface area contributed by atoms with Crippen molar-refractivity contribution in [3.05, 3.63) is 29.6 Å². The normalized spacial score (nSPS) is 10.3. The first-order valence-electron chi connectivity index (χ1n) is 5.43. The molecule has 2 N–H and O–H groups in total. The molecule has 0 atom stereocenters. The van der Waals surface area contributed by atoms with Crippen molar-refractivity contribution < 1.29 is 19.4 Å². The molecule has 0 aliphatic heterocycles. The summed E-state index contributed by atoms with van der Waals surface area (Å²) in [4.78, 5) is 25.8. The number of nitrogens with one attached hydrogen (secondary N) is 1. The maximum Gasteiger partial charge on any atom is 0.407 e. The smallest absolute Gasteiger partial charge is 0.407 e. The van der Waals surface area contributed by atoms with Crippen LogP contribution in [0.5, 0.6) is 0 Å². The molecule has 0 aromatic carbocycles. The van der Waals surface area contributed by atoms with E-state index in [1.54, 1.807) is 26.8 Å². The van der Waals surface area contributed by atoms with Gasteiger partial charge >= 0.3 is 12.1 Å². The van der Waals surface area contributed by atoms with Crippen LogP contribution in [0.4, 0.5) is 4.79 Å². The Morgan fingerprint density at radius 2 is 2.05 bits per heavy atom. The van der Waals surface area contributed by atoms with E-state index < -0.39 is 17.7 Å². The monoisotopic (exact) mass is 275 g/mol. The molecule has 1 rings (SSSR count). The fraction of sp³-hybridized carbons (Fsp3) is 0.417. The maximum absolute atomic E-state index is 11.4. The molecule has 0 aliphatic rings. The van der Waals surface area contributed by atoms with Gasteiger partial charge in [0.05, 0.1) is 0 Å². The van der Waals surface area contributed by atoms with Gasteiger partial charge in [-0.3, -0.25) is 0 Å². The molecule has 1 radical (unpaired) electrons. The molecule has 6 nitrogen and oxygen atoms in total. The SMILES string of the molecule is CC(C)(C)OC(=O)NCc1ccnc(C(=O)O)c1.[Na]. The van der Waals surface area contributed by atoms with Crippen LogP contribution in [0.25, 0.3) is 0 Å². The van der Waals surface area contributed by atoms with Crippen molar-refractivity contribution in [2.45, 2.75) is 32.9 Å². The van der Waals surface area contributed by atoms with Crippen molar-refractivity contribution in [1.82, 2.24) is 10.3 Å². The zero-order chi connectivity index (χ0) is 13.8. The van der Waals surface area contributed by atoms with Gasteiger partial charge in [-0.25, -0.2) is 14.6 Å². The van der Waals surface area contributed by atoms with E-state index in [2.05, 4.69) is 10.3 Å². The van der Waals surface area contributed by atoms with Crippen molar-refractivity contribution in [1.29, 1.82) is 0 Å². The van der Waals surface area contributed by atoms with Gasteiger partial charge < -0.3 is 15.2 Å². The number of carboxylic acids is 1. The minimum Gasteiger partial charge on any atom is -0.477 e. The van der Waals surface area contributed by atoms with E-state index in [0.29, 0.717) is 5.56 Å². The van der Waals surface area contributed by atoms with E-state index in [0.717, 1.165) is 0 Å². The van der Waals surface area contributed by atoms with Crippen LogP contribution in [0.1, 0.15) is 36.8 Å². The second-order valence-corrected chi connectivity index (χ2v) is 4.71. The van der Waals surface area contributed by atoms with Crippen LogP contribution in [0.2, 0.25) is 0 Å². The third kappa shape index (κ3) is 7.15. The molecule has 1 heterocycles. The van der Waals surface area contributed by atoms with Gasteiger partial charge in [-0.1, -0.05) is 0 Å². The number of hydrogen-bond acceptors (Lipinski definition) is 4. The minimum atomic E-state index is -1.10. The zero-order valence-corrected chi connectivity index (χ0v) is 13.6. The summed E-state index contributed by atoms with van der Waals surface area (Å²) < 4.78 is 5.06. The summed E-state index contributed by atoms with van der Waals surface area (Å²) in [7, 11) is 0. The molecule has 0 unspecified atom stereocenters. The molecular formula is C12H16N2NaO4. The van der Waals surface area contributed by atoms with Crippen LogP contribution in [-0.2, 0) is 11.3 Å².